The molecular formula is C39H27B. The molecule has 1 heteroatoms. The summed E-state index contributed by atoms with van der Waals surface area (Å²) in [5, 5.41) is 0. The van der Waals surface area contributed by atoms with E-state index in [0.29, 0.717) is 6.71 Å². The molecular weight excluding hydrogens is 479 g/mol. The molecule has 0 saturated carbocycles. The Kier molecular flexibility index (Phi) is 4.69. The zero-order chi connectivity index (χ0) is 26.2. The van der Waals surface area contributed by atoms with Gasteiger partial charge in [-0.1, -0.05) is 144 Å². The van der Waals surface area contributed by atoms with E-state index in [1.165, 1.54) is 66.8 Å². The van der Waals surface area contributed by atoms with Crippen LogP contribution in [0.25, 0.3) is 33.4 Å². The lowest BCUT2D eigenvalue weighted by atomic mass is 9.28. The van der Waals surface area contributed by atoms with Crippen LogP contribution in [0.5, 0.6) is 0 Å². The topological polar surface area (TPSA) is 0 Å². The molecule has 40 heavy (non-hydrogen) atoms. The Labute approximate surface area is 236 Å². The third-order valence-corrected chi connectivity index (χ3v) is 9.38. The summed E-state index contributed by atoms with van der Waals surface area (Å²) in [6.07, 6.45) is 3.03. The quantitative estimate of drug-likeness (QED) is 0.228. The molecule has 0 spiro atoms. The van der Waals surface area contributed by atoms with Crippen molar-refractivity contribution in [3.05, 3.63) is 161 Å². The summed E-state index contributed by atoms with van der Waals surface area (Å²) in [6, 6.07) is 47.7. The Morgan fingerprint density at radius 1 is 0.300 bits per heavy atom. The van der Waals surface area contributed by atoms with E-state index in [0.717, 1.165) is 19.3 Å². The van der Waals surface area contributed by atoms with Crippen LogP contribution in [0.3, 0.4) is 0 Å². The van der Waals surface area contributed by atoms with Crippen molar-refractivity contribution in [3.63, 3.8) is 0 Å². The summed E-state index contributed by atoms with van der Waals surface area (Å²) in [4.78, 5) is 0. The molecule has 6 aromatic rings. The van der Waals surface area contributed by atoms with Gasteiger partial charge in [-0.3, -0.25) is 0 Å². The lowest BCUT2D eigenvalue weighted by Gasteiger charge is -2.40. The molecule has 0 bridgehead atoms. The van der Waals surface area contributed by atoms with E-state index >= 15 is 0 Å². The highest BCUT2D eigenvalue weighted by molar-refractivity contribution is 6.98. The number of rotatable bonds is 3. The SMILES string of the molecule is c1ccc(-c2cc3c4c(c2)Cc2cc(-c5ccccc5)cc5c2B4c2c(cc(-c4ccccc4)cc2C5)C3)cc1. The Hall–Kier alpha value is -4.62. The molecule has 0 fully saturated rings. The zero-order valence-corrected chi connectivity index (χ0v) is 22.3. The average molecular weight is 506 g/mol. The van der Waals surface area contributed by atoms with Crippen LogP contribution in [0.1, 0.15) is 33.4 Å². The molecule has 0 saturated heterocycles. The second-order valence-electron chi connectivity index (χ2n) is 11.7. The van der Waals surface area contributed by atoms with Gasteiger partial charge in [0.2, 0.25) is 6.71 Å². The van der Waals surface area contributed by atoms with E-state index in [1.54, 1.807) is 16.4 Å². The molecule has 186 valence electrons. The highest BCUT2D eigenvalue weighted by Crippen LogP contribution is 2.35. The summed E-state index contributed by atoms with van der Waals surface area (Å²) in [7, 11) is 0. The summed E-state index contributed by atoms with van der Waals surface area (Å²) < 4.78 is 0. The van der Waals surface area contributed by atoms with Gasteiger partial charge in [0, 0.05) is 0 Å². The fourth-order valence-corrected chi connectivity index (χ4v) is 7.77. The molecule has 0 N–H and O–H groups in total. The van der Waals surface area contributed by atoms with Crippen LogP contribution in [-0.4, -0.2) is 6.71 Å². The number of hydrogen-bond acceptors (Lipinski definition) is 0. The highest BCUT2D eigenvalue weighted by atomic mass is 14.3. The second kappa shape index (κ2) is 8.44. The van der Waals surface area contributed by atoms with Crippen molar-refractivity contribution < 1.29 is 0 Å². The second-order valence-corrected chi connectivity index (χ2v) is 11.7. The largest absolute Gasteiger partial charge is 0.243 e. The maximum atomic E-state index is 2.49. The monoisotopic (exact) mass is 506 g/mol. The first-order chi connectivity index (χ1) is 19.8. The van der Waals surface area contributed by atoms with Crippen molar-refractivity contribution in [1.82, 2.24) is 0 Å². The third-order valence-electron chi connectivity index (χ3n) is 9.38. The van der Waals surface area contributed by atoms with Crippen LogP contribution < -0.4 is 16.4 Å². The van der Waals surface area contributed by atoms with Crippen LogP contribution >= 0.6 is 0 Å². The zero-order valence-electron chi connectivity index (χ0n) is 22.3. The summed E-state index contributed by atoms with van der Waals surface area (Å²) >= 11 is 0. The summed E-state index contributed by atoms with van der Waals surface area (Å²) in [5.74, 6) is 0. The lowest BCUT2D eigenvalue weighted by molar-refractivity contribution is 1.10. The van der Waals surface area contributed by atoms with Crippen molar-refractivity contribution in [3.8, 4) is 33.4 Å². The van der Waals surface area contributed by atoms with Crippen LogP contribution in [0.15, 0.2) is 127 Å². The summed E-state index contributed by atoms with van der Waals surface area (Å²) in [6.45, 7) is 0.343. The fraction of sp³-hybridized carbons (Fsp3) is 0.0769. The Morgan fingerprint density at radius 3 is 0.800 bits per heavy atom. The smallest absolute Gasteiger partial charge is 0.0622 e. The Morgan fingerprint density at radius 2 is 0.550 bits per heavy atom. The van der Waals surface area contributed by atoms with E-state index in [2.05, 4.69) is 127 Å². The van der Waals surface area contributed by atoms with Crippen molar-refractivity contribution >= 4 is 23.1 Å². The molecule has 6 aromatic carbocycles. The molecule has 0 nitrogen and oxygen atoms in total. The average Bonchev–Trinajstić information content (AvgIpc) is 3.01. The minimum Gasteiger partial charge on any atom is -0.0622 e. The van der Waals surface area contributed by atoms with E-state index in [-0.39, 0.29) is 0 Å². The summed E-state index contributed by atoms with van der Waals surface area (Å²) in [5.41, 5.74) is 21.8. The first-order valence-corrected chi connectivity index (χ1v) is 14.4. The molecule has 0 unspecified atom stereocenters. The van der Waals surface area contributed by atoms with Gasteiger partial charge in [0.15, 0.2) is 0 Å². The standard InChI is InChI=1S/C39H27B/c1-4-10-25(11-5-1)28-16-31-22-33-18-29(26-12-6-2-7-13-26)20-35-24-36-21-30(27-14-8-3-9-15-27)19-34-23-32(17-28)37(31)40(38(33)35)39(34)36/h1-21H,22-24H2. The van der Waals surface area contributed by atoms with Crippen LogP contribution in [-0.2, 0) is 19.3 Å². The van der Waals surface area contributed by atoms with Gasteiger partial charge < -0.3 is 0 Å². The van der Waals surface area contributed by atoms with Gasteiger partial charge in [-0.2, -0.15) is 0 Å². The van der Waals surface area contributed by atoms with Crippen LogP contribution in [0.2, 0.25) is 0 Å². The minimum absolute atomic E-state index is 0.343. The van der Waals surface area contributed by atoms with E-state index < -0.39 is 0 Å². The first kappa shape index (κ1) is 22.2. The molecule has 3 aliphatic heterocycles. The molecule has 3 aliphatic rings. The Bertz CT molecular complexity index is 1650. The van der Waals surface area contributed by atoms with Gasteiger partial charge in [-0.15, -0.1) is 0 Å². The lowest BCUT2D eigenvalue weighted by Crippen LogP contribution is -2.64. The molecule has 0 amide bonds. The molecule has 0 atom stereocenters. The van der Waals surface area contributed by atoms with Gasteiger partial charge in [-0.05, 0) is 86.0 Å². The Balaban J connectivity index is 1.32. The van der Waals surface area contributed by atoms with Gasteiger partial charge in [0.1, 0.15) is 0 Å². The molecule has 0 aliphatic carbocycles. The van der Waals surface area contributed by atoms with Gasteiger partial charge in [-0.25, -0.2) is 0 Å². The van der Waals surface area contributed by atoms with Crippen molar-refractivity contribution in [2.75, 3.05) is 0 Å². The van der Waals surface area contributed by atoms with E-state index in [1.807, 2.05) is 0 Å². The predicted molar refractivity (Wildman–Crippen MR) is 169 cm³/mol. The van der Waals surface area contributed by atoms with Crippen LogP contribution in [0, 0.1) is 0 Å². The number of benzene rings is 6. The van der Waals surface area contributed by atoms with Gasteiger partial charge in [0.05, 0.1) is 0 Å². The van der Waals surface area contributed by atoms with Crippen molar-refractivity contribution in [2.24, 2.45) is 0 Å². The molecule has 0 aromatic heterocycles. The van der Waals surface area contributed by atoms with Crippen LogP contribution in [0.4, 0.5) is 0 Å². The van der Waals surface area contributed by atoms with Gasteiger partial charge >= 0.3 is 0 Å². The maximum absolute atomic E-state index is 2.49. The van der Waals surface area contributed by atoms with E-state index in [4.69, 9.17) is 0 Å². The molecule has 3 heterocycles. The first-order valence-electron chi connectivity index (χ1n) is 14.4. The predicted octanol–water partition coefficient (Wildman–Crippen LogP) is 6.92. The molecule has 9 rings (SSSR count). The van der Waals surface area contributed by atoms with Crippen molar-refractivity contribution in [1.29, 1.82) is 0 Å². The highest BCUT2D eigenvalue weighted by Gasteiger charge is 2.42. The van der Waals surface area contributed by atoms with E-state index in [9.17, 15) is 0 Å². The minimum atomic E-state index is 0.343. The number of hydrogen-bond donors (Lipinski definition) is 0. The normalized spacial score (nSPS) is 13.7. The molecule has 0 radical (unpaired) electrons. The maximum Gasteiger partial charge on any atom is 0.243 e. The fourth-order valence-electron chi connectivity index (χ4n) is 7.77. The van der Waals surface area contributed by atoms with Gasteiger partial charge in [0.25, 0.3) is 0 Å². The van der Waals surface area contributed by atoms with Crippen molar-refractivity contribution in [2.45, 2.75) is 19.3 Å². The third kappa shape index (κ3) is 3.28.